The lowest BCUT2D eigenvalue weighted by Gasteiger charge is -2.36. The maximum Gasteiger partial charge on any atom is 0.255 e. The Morgan fingerprint density at radius 1 is 1.22 bits per heavy atom. The first-order chi connectivity index (χ1) is 15.3. The summed E-state index contributed by atoms with van der Waals surface area (Å²) >= 11 is 0. The van der Waals surface area contributed by atoms with Gasteiger partial charge in [0, 0.05) is 40.6 Å². The number of aromatic hydroxyl groups is 1. The van der Waals surface area contributed by atoms with Crippen molar-refractivity contribution in [2.45, 2.75) is 39.5 Å². The zero-order valence-corrected chi connectivity index (χ0v) is 18.7. The number of carbonyl (C=O) groups excluding carboxylic acids is 2. The van der Waals surface area contributed by atoms with E-state index >= 15 is 0 Å². The van der Waals surface area contributed by atoms with E-state index in [-0.39, 0.29) is 29.1 Å². The van der Waals surface area contributed by atoms with E-state index in [2.05, 4.69) is 15.6 Å². The zero-order chi connectivity index (χ0) is 23.0. The summed E-state index contributed by atoms with van der Waals surface area (Å²) in [5, 5.41) is 16.3. The summed E-state index contributed by atoms with van der Waals surface area (Å²) in [5.74, 6) is 0.0730. The average Bonchev–Trinajstić information content (AvgIpc) is 2.72. The molecule has 2 aliphatic rings. The number of dihydropyridines is 1. The highest BCUT2D eigenvalue weighted by molar-refractivity contribution is 6.09. The van der Waals surface area contributed by atoms with E-state index in [0.29, 0.717) is 34.6 Å². The molecule has 0 saturated carbocycles. The third-order valence-electron chi connectivity index (χ3n) is 5.94. The summed E-state index contributed by atoms with van der Waals surface area (Å²) in [6.07, 6.45) is 1.16. The van der Waals surface area contributed by atoms with Gasteiger partial charge in [0.2, 0.25) is 0 Å². The second-order valence-corrected chi connectivity index (χ2v) is 8.48. The van der Waals surface area contributed by atoms with E-state index in [1.807, 2.05) is 32.9 Å². The van der Waals surface area contributed by atoms with Crippen molar-refractivity contribution >= 4 is 17.5 Å². The van der Waals surface area contributed by atoms with E-state index in [0.717, 1.165) is 17.8 Å². The van der Waals surface area contributed by atoms with Gasteiger partial charge in [0.05, 0.1) is 7.11 Å². The van der Waals surface area contributed by atoms with Crippen LogP contribution in [0.3, 0.4) is 0 Å². The first kappa shape index (κ1) is 21.6. The van der Waals surface area contributed by atoms with Crippen LogP contribution in [0.25, 0.3) is 0 Å². The number of anilines is 1. The highest BCUT2D eigenvalue weighted by Gasteiger charge is 2.40. The molecule has 1 aromatic heterocycles. The maximum atomic E-state index is 13.5. The number of nitrogens with one attached hydrogen (secondary N) is 2. The number of hydrogen-bond acceptors (Lipinski definition) is 6. The lowest BCUT2D eigenvalue weighted by molar-refractivity contribution is -0.117. The molecular formula is C25H27N3O4. The SMILES string of the molecule is COc1cc(C2C(C(=O)Nc3cccc(C)n3)=C(C)NC3=C2C(=O)CC(C)C3)ccc1O. The number of carbonyl (C=O) groups is 2. The molecule has 32 heavy (non-hydrogen) atoms. The normalized spacial score (nSPS) is 20.6. The molecule has 1 aliphatic heterocycles. The molecule has 2 atom stereocenters. The van der Waals surface area contributed by atoms with E-state index < -0.39 is 5.92 Å². The number of aromatic nitrogens is 1. The monoisotopic (exact) mass is 433 g/mol. The topological polar surface area (TPSA) is 101 Å². The Morgan fingerprint density at radius 2 is 2.00 bits per heavy atom. The molecule has 7 heteroatoms. The Balaban J connectivity index is 1.82. The van der Waals surface area contributed by atoms with Gasteiger partial charge in [0.1, 0.15) is 5.82 Å². The van der Waals surface area contributed by atoms with Gasteiger partial charge >= 0.3 is 0 Å². The zero-order valence-electron chi connectivity index (χ0n) is 18.7. The molecule has 2 heterocycles. The summed E-state index contributed by atoms with van der Waals surface area (Å²) in [7, 11) is 1.47. The van der Waals surface area contributed by atoms with Crippen LogP contribution < -0.4 is 15.4 Å². The highest BCUT2D eigenvalue weighted by Crippen LogP contribution is 2.45. The predicted molar refractivity (Wildman–Crippen MR) is 121 cm³/mol. The number of amides is 1. The standard InChI is InChI=1S/C25H27N3O4/c1-13-10-17-24(19(30)11-13)23(16-8-9-18(29)20(12-16)32-4)22(15(3)27-17)25(31)28-21-7-5-6-14(2)26-21/h5-9,12-13,23,27,29H,10-11H2,1-4H3,(H,26,28,31). The summed E-state index contributed by atoms with van der Waals surface area (Å²) in [6, 6.07) is 10.4. The summed E-state index contributed by atoms with van der Waals surface area (Å²) in [5.41, 5.74) is 4.09. The first-order valence-electron chi connectivity index (χ1n) is 10.6. The molecule has 7 nitrogen and oxygen atoms in total. The van der Waals surface area contributed by atoms with Gasteiger partial charge in [-0.25, -0.2) is 4.98 Å². The Bertz CT molecular complexity index is 1170. The minimum absolute atomic E-state index is 0.00126. The van der Waals surface area contributed by atoms with Crippen LogP contribution in [0.2, 0.25) is 0 Å². The molecule has 2 unspecified atom stereocenters. The number of rotatable bonds is 4. The quantitative estimate of drug-likeness (QED) is 0.675. The Labute approximate surface area is 187 Å². The molecular weight excluding hydrogens is 406 g/mol. The largest absolute Gasteiger partial charge is 0.504 e. The minimum atomic E-state index is -0.578. The molecule has 0 bridgehead atoms. The smallest absolute Gasteiger partial charge is 0.255 e. The van der Waals surface area contributed by atoms with Gasteiger partial charge in [-0.05, 0) is 56.0 Å². The van der Waals surface area contributed by atoms with Crippen molar-refractivity contribution in [1.29, 1.82) is 0 Å². The van der Waals surface area contributed by atoms with Crippen LogP contribution in [0.15, 0.2) is 58.9 Å². The van der Waals surface area contributed by atoms with Gasteiger partial charge in [-0.15, -0.1) is 0 Å². The molecule has 3 N–H and O–H groups in total. The Kier molecular flexibility index (Phi) is 5.74. The van der Waals surface area contributed by atoms with Crippen molar-refractivity contribution in [3.8, 4) is 11.5 Å². The fourth-order valence-electron chi connectivity index (χ4n) is 4.54. The molecule has 0 radical (unpaired) electrons. The van der Waals surface area contributed by atoms with Crippen molar-refractivity contribution in [3.63, 3.8) is 0 Å². The van der Waals surface area contributed by atoms with Crippen LogP contribution >= 0.6 is 0 Å². The number of ether oxygens (including phenoxy) is 1. The fourth-order valence-corrected chi connectivity index (χ4v) is 4.54. The number of allylic oxidation sites excluding steroid dienone is 3. The summed E-state index contributed by atoms with van der Waals surface area (Å²) < 4.78 is 5.29. The number of nitrogens with zero attached hydrogens (tertiary/aromatic N) is 1. The number of pyridine rings is 1. The van der Waals surface area contributed by atoms with Crippen molar-refractivity contribution in [2.24, 2.45) is 5.92 Å². The van der Waals surface area contributed by atoms with Crippen LogP contribution in [-0.4, -0.2) is 28.9 Å². The van der Waals surface area contributed by atoms with Crippen LogP contribution in [0.5, 0.6) is 11.5 Å². The molecule has 0 spiro atoms. The minimum Gasteiger partial charge on any atom is -0.504 e. The van der Waals surface area contributed by atoms with E-state index in [4.69, 9.17) is 4.74 Å². The molecule has 1 amide bonds. The van der Waals surface area contributed by atoms with E-state index in [1.165, 1.54) is 13.2 Å². The van der Waals surface area contributed by atoms with Gasteiger partial charge in [0.15, 0.2) is 17.3 Å². The molecule has 166 valence electrons. The van der Waals surface area contributed by atoms with Gasteiger partial charge in [-0.2, -0.15) is 0 Å². The second kappa shape index (κ2) is 8.49. The van der Waals surface area contributed by atoms with Gasteiger partial charge in [0.25, 0.3) is 5.91 Å². The number of phenols is 1. The van der Waals surface area contributed by atoms with Gasteiger partial charge in [-0.3, -0.25) is 9.59 Å². The Hall–Kier alpha value is -3.61. The lowest BCUT2D eigenvalue weighted by atomic mass is 9.73. The van der Waals surface area contributed by atoms with Crippen LogP contribution in [0.1, 0.15) is 43.9 Å². The third-order valence-corrected chi connectivity index (χ3v) is 5.94. The molecule has 0 fully saturated rings. The molecule has 0 saturated heterocycles. The lowest BCUT2D eigenvalue weighted by Crippen LogP contribution is -2.37. The fraction of sp³-hybridized carbons (Fsp3) is 0.320. The van der Waals surface area contributed by atoms with Gasteiger partial charge in [-0.1, -0.05) is 19.1 Å². The van der Waals surface area contributed by atoms with Crippen molar-refractivity contribution in [2.75, 3.05) is 12.4 Å². The Morgan fingerprint density at radius 3 is 2.72 bits per heavy atom. The summed E-state index contributed by atoms with van der Waals surface area (Å²) in [4.78, 5) is 31.0. The number of phenolic OH excluding ortho intramolecular Hbond substituents is 1. The number of hydrogen-bond donors (Lipinski definition) is 3. The van der Waals surface area contributed by atoms with Crippen molar-refractivity contribution in [1.82, 2.24) is 10.3 Å². The molecule has 4 rings (SSSR count). The van der Waals surface area contributed by atoms with E-state index in [9.17, 15) is 14.7 Å². The van der Waals surface area contributed by atoms with Crippen LogP contribution in [-0.2, 0) is 9.59 Å². The number of benzene rings is 1. The molecule has 2 aromatic rings. The van der Waals surface area contributed by atoms with Gasteiger partial charge < -0.3 is 20.5 Å². The van der Waals surface area contributed by atoms with Crippen molar-refractivity contribution < 1.29 is 19.4 Å². The molecule has 1 aromatic carbocycles. The maximum absolute atomic E-state index is 13.5. The van der Waals surface area contributed by atoms with Crippen LogP contribution in [0.4, 0.5) is 5.82 Å². The second-order valence-electron chi connectivity index (χ2n) is 8.48. The highest BCUT2D eigenvalue weighted by atomic mass is 16.5. The van der Waals surface area contributed by atoms with Crippen molar-refractivity contribution in [3.05, 3.63) is 70.2 Å². The third kappa shape index (κ3) is 3.98. The summed E-state index contributed by atoms with van der Waals surface area (Å²) in [6.45, 7) is 5.75. The van der Waals surface area contributed by atoms with E-state index in [1.54, 1.807) is 18.2 Å². The number of methoxy groups -OCH3 is 1. The number of aryl methyl sites for hydroxylation is 1. The first-order valence-corrected chi connectivity index (χ1v) is 10.6. The number of ketones is 1. The average molecular weight is 434 g/mol. The number of Topliss-reactive ketones (excluding diaryl/α,β-unsaturated/α-hetero) is 1. The van der Waals surface area contributed by atoms with Crippen LogP contribution in [0, 0.1) is 12.8 Å². The molecule has 1 aliphatic carbocycles. The predicted octanol–water partition coefficient (Wildman–Crippen LogP) is 3.96.